The van der Waals surface area contributed by atoms with Crippen LogP contribution in [0.25, 0.3) is 0 Å². The maximum Gasteiger partial charge on any atom is 0.0950 e. The van der Waals surface area contributed by atoms with Crippen molar-refractivity contribution in [2.24, 2.45) is 5.73 Å². The lowest BCUT2D eigenvalue weighted by atomic mass is 10.4. The summed E-state index contributed by atoms with van der Waals surface area (Å²) in [7, 11) is 0. The second-order valence-electron chi connectivity index (χ2n) is 4.50. The van der Waals surface area contributed by atoms with Crippen molar-refractivity contribution >= 4 is 0 Å². The maximum atomic E-state index is 5.49. The molecule has 6 nitrogen and oxygen atoms in total. The van der Waals surface area contributed by atoms with E-state index in [1.165, 1.54) is 6.42 Å². The smallest absolute Gasteiger partial charge is 0.0950 e. The van der Waals surface area contributed by atoms with Gasteiger partial charge in [0, 0.05) is 25.9 Å². The highest BCUT2D eigenvalue weighted by Gasteiger charge is 1.96. The zero-order chi connectivity index (χ0) is 14.5. The molecular formula is C14H27N3O3. The third-order valence-electron chi connectivity index (χ3n) is 2.78. The molecule has 2 N–H and O–H groups in total. The van der Waals surface area contributed by atoms with Crippen LogP contribution in [0.1, 0.15) is 25.5 Å². The number of rotatable bonds is 13. The lowest BCUT2D eigenvalue weighted by Crippen LogP contribution is -2.12. The third-order valence-corrected chi connectivity index (χ3v) is 2.78. The van der Waals surface area contributed by atoms with Crippen LogP contribution in [0.3, 0.4) is 0 Å². The molecule has 116 valence electrons. The molecule has 1 heterocycles. The molecule has 0 spiro atoms. The first-order valence-electron chi connectivity index (χ1n) is 7.30. The van der Waals surface area contributed by atoms with E-state index >= 15 is 0 Å². The molecular weight excluding hydrogens is 258 g/mol. The van der Waals surface area contributed by atoms with E-state index in [1.54, 1.807) is 6.33 Å². The van der Waals surface area contributed by atoms with Crippen LogP contribution in [-0.4, -0.2) is 49.2 Å². The normalized spacial score (nSPS) is 11.1. The quantitative estimate of drug-likeness (QED) is 0.551. The van der Waals surface area contributed by atoms with Gasteiger partial charge in [0.1, 0.15) is 0 Å². The Morgan fingerprint density at radius 2 is 1.70 bits per heavy atom. The summed E-state index contributed by atoms with van der Waals surface area (Å²) in [5, 5.41) is 0. The summed E-state index contributed by atoms with van der Waals surface area (Å²) in [6.07, 6.45) is 5.99. The van der Waals surface area contributed by atoms with Crippen LogP contribution in [-0.2, 0) is 27.3 Å². The van der Waals surface area contributed by atoms with Gasteiger partial charge in [-0.15, -0.1) is 0 Å². The molecule has 0 aliphatic carbocycles. The second kappa shape index (κ2) is 11.8. The van der Waals surface area contributed by atoms with Gasteiger partial charge in [-0.25, -0.2) is 4.98 Å². The number of imidazole rings is 1. The standard InChI is InChI=1S/C14H27N3O3/c1-2-3-5-18-7-9-20-10-8-19-6-4-17-12-14(11-15)16-13-17/h12-13H,2-11,15H2,1H3. The topological polar surface area (TPSA) is 71.5 Å². The van der Waals surface area contributed by atoms with Crippen molar-refractivity contribution in [2.45, 2.75) is 32.9 Å². The van der Waals surface area contributed by atoms with Gasteiger partial charge in [-0.2, -0.15) is 0 Å². The Morgan fingerprint density at radius 1 is 1.05 bits per heavy atom. The van der Waals surface area contributed by atoms with Crippen LogP contribution in [0.2, 0.25) is 0 Å². The fourth-order valence-electron chi connectivity index (χ4n) is 1.59. The van der Waals surface area contributed by atoms with E-state index in [4.69, 9.17) is 19.9 Å². The van der Waals surface area contributed by atoms with E-state index < -0.39 is 0 Å². The Kier molecular flexibility index (Phi) is 10.1. The summed E-state index contributed by atoms with van der Waals surface area (Å²) in [6.45, 7) is 7.39. The molecule has 0 aromatic carbocycles. The summed E-state index contributed by atoms with van der Waals surface area (Å²) >= 11 is 0. The average Bonchev–Trinajstić information content (AvgIpc) is 2.93. The number of nitrogens with zero attached hydrogens (tertiary/aromatic N) is 2. The van der Waals surface area contributed by atoms with Crippen molar-refractivity contribution < 1.29 is 14.2 Å². The van der Waals surface area contributed by atoms with Gasteiger partial charge in [0.15, 0.2) is 0 Å². The highest BCUT2D eigenvalue weighted by atomic mass is 16.5. The van der Waals surface area contributed by atoms with Gasteiger partial charge in [-0.1, -0.05) is 13.3 Å². The van der Waals surface area contributed by atoms with E-state index in [0.29, 0.717) is 39.6 Å². The number of nitrogens with two attached hydrogens (primary N) is 1. The molecule has 20 heavy (non-hydrogen) atoms. The summed E-state index contributed by atoms with van der Waals surface area (Å²) in [5.74, 6) is 0. The van der Waals surface area contributed by atoms with Gasteiger partial charge < -0.3 is 24.5 Å². The first kappa shape index (κ1) is 17.1. The van der Waals surface area contributed by atoms with Gasteiger partial charge in [0.2, 0.25) is 0 Å². The Bertz CT molecular complexity index is 331. The summed E-state index contributed by atoms with van der Waals surface area (Å²) < 4.78 is 18.2. The fourth-order valence-corrected chi connectivity index (χ4v) is 1.59. The van der Waals surface area contributed by atoms with Crippen molar-refractivity contribution in [1.29, 1.82) is 0 Å². The molecule has 0 atom stereocenters. The van der Waals surface area contributed by atoms with E-state index in [0.717, 1.165) is 25.3 Å². The van der Waals surface area contributed by atoms with Gasteiger partial charge in [-0.3, -0.25) is 0 Å². The van der Waals surface area contributed by atoms with Crippen molar-refractivity contribution in [3.8, 4) is 0 Å². The number of hydrogen-bond acceptors (Lipinski definition) is 5. The Labute approximate surface area is 121 Å². The predicted molar refractivity (Wildman–Crippen MR) is 77.5 cm³/mol. The SMILES string of the molecule is CCCCOCCOCCOCCn1cnc(CN)c1. The summed E-state index contributed by atoms with van der Waals surface area (Å²) in [4.78, 5) is 4.15. The molecule has 0 unspecified atom stereocenters. The molecule has 0 aliphatic heterocycles. The van der Waals surface area contributed by atoms with Crippen LogP contribution in [0.5, 0.6) is 0 Å². The maximum absolute atomic E-state index is 5.49. The number of aromatic nitrogens is 2. The molecule has 1 aromatic rings. The van der Waals surface area contributed by atoms with Gasteiger partial charge in [0.05, 0.1) is 45.1 Å². The second-order valence-corrected chi connectivity index (χ2v) is 4.50. The molecule has 0 radical (unpaired) electrons. The molecule has 0 aliphatic rings. The molecule has 0 fully saturated rings. The van der Waals surface area contributed by atoms with E-state index in [9.17, 15) is 0 Å². The molecule has 1 rings (SSSR count). The molecule has 1 aromatic heterocycles. The predicted octanol–water partition coefficient (Wildman–Crippen LogP) is 1.19. The molecule has 0 bridgehead atoms. The number of hydrogen-bond donors (Lipinski definition) is 1. The Balaban J connectivity index is 1.83. The van der Waals surface area contributed by atoms with Crippen molar-refractivity contribution in [1.82, 2.24) is 9.55 Å². The molecule has 0 amide bonds. The number of unbranched alkanes of at least 4 members (excludes halogenated alkanes) is 1. The first-order valence-corrected chi connectivity index (χ1v) is 7.30. The average molecular weight is 285 g/mol. The van der Waals surface area contributed by atoms with Gasteiger partial charge >= 0.3 is 0 Å². The Hall–Kier alpha value is -0.950. The minimum Gasteiger partial charge on any atom is -0.379 e. The van der Waals surface area contributed by atoms with Crippen LogP contribution in [0.15, 0.2) is 12.5 Å². The largest absolute Gasteiger partial charge is 0.379 e. The zero-order valence-electron chi connectivity index (χ0n) is 12.4. The minimum absolute atomic E-state index is 0.474. The number of ether oxygens (including phenoxy) is 3. The summed E-state index contributed by atoms with van der Waals surface area (Å²) in [6, 6.07) is 0. The Morgan fingerprint density at radius 3 is 2.30 bits per heavy atom. The zero-order valence-corrected chi connectivity index (χ0v) is 12.4. The van der Waals surface area contributed by atoms with Crippen molar-refractivity contribution in [3.05, 3.63) is 18.2 Å². The van der Waals surface area contributed by atoms with Crippen molar-refractivity contribution in [2.75, 3.05) is 39.6 Å². The van der Waals surface area contributed by atoms with Gasteiger partial charge in [-0.05, 0) is 6.42 Å². The highest BCUT2D eigenvalue weighted by Crippen LogP contribution is 1.94. The van der Waals surface area contributed by atoms with E-state index in [2.05, 4.69) is 11.9 Å². The van der Waals surface area contributed by atoms with Crippen LogP contribution in [0, 0.1) is 0 Å². The van der Waals surface area contributed by atoms with E-state index in [-0.39, 0.29) is 0 Å². The van der Waals surface area contributed by atoms with E-state index in [1.807, 2.05) is 10.8 Å². The lowest BCUT2D eigenvalue weighted by molar-refractivity contribution is 0.0127. The fraction of sp³-hybridized carbons (Fsp3) is 0.786. The van der Waals surface area contributed by atoms with Crippen molar-refractivity contribution in [3.63, 3.8) is 0 Å². The first-order chi connectivity index (χ1) is 9.86. The lowest BCUT2D eigenvalue weighted by Gasteiger charge is -2.07. The van der Waals surface area contributed by atoms with Crippen LogP contribution in [0.4, 0.5) is 0 Å². The monoisotopic (exact) mass is 285 g/mol. The molecule has 6 heteroatoms. The van der Waals surface area contributed by atoms with Gasteiger partial charge in [0.25, 0.3) is 0 Å². The third kappa shape index (κ3) is 8.27. The molecule has 0 saturated carbocycles. The van der Waals surface area contributed by atoms with Crippen LogP contribution >= 0.6 is 0 Å². The van der Waals surface area contributed by atoms with Crippen LogP contribution < -0.4 is 5.73 Å². The minimum atomic E-state index is 0.474. The summed E-state index contributed by atoms with van der Waals surface area (Å²) in [5.41, 5.74) is 6.39. The molecule has 0 saturated heterocycles. The highest BCUT2D eigenvalue weighted by molar-refractivity contribution is 4.95.